The largest absolute Gasteiger partial charge is 0.493 e. The van der Waals surface area contributed by atoms with E-state index >= 15 is 0 Å². The molecule has 0 aliphatic carbocycles. The summed E-state index contributed by atoms with van der Waals surface area (Å²) < 4.78 is 6.77. The molecule has 0 aliphatic heterocycles. The van der Waals surface area contributed by atoms with Crippen molar-refractivity contribution in [3.05, 3.63) is 63.1 Å². The van der Waals surface area contributed by atoms with Crippen LogP contribution in [0.1, 0.15) is 49.3 Å². The van der Waals surface area contributed by atoms with E-state index in [1.165, 1.54) is 12.8 Å². The molecule has 2 rings (SSSR count). The molecule has 0 atom stereocenters. The molecule has 0 bridgehead atoms. The van der Waals surface area contributed by atoms with Crippen molar-refractivity contribution >= 4 is 33.6 Å². The highest BCUT2D eigenvalue weighted by Gasteiger charge is 2.13. The molecule has 2 aromatic carbocycles. The molecule has 1 amide bonds. The third-order valence-corrected chi connectivity index (χ3v) is 5.24. The van der Waals surface area contributed by atoms with Crippen LogP contribution in [-0.4, -0.2) is 12.5 Å². The summed E-state index contributed by atoms with van der Waals surface area (Å²) in [7, 11) is 0. The fourth-order valence-corrected chi connectivity index (χ4v) is 3.23. The molecule has 0 spiro atoms. The molecule has 0 radical (unpaired) electrons. The van der Waals surface area contributed by atoms with Gasteiger partial charge in [-0.3, -0.25) is 4.79 Å². The SMILES string of the molecule is CCCCCCOc1ccc(Br)cc1/C=C(/C#N)C(=O)Nc1cccc(C)c1C. The lowest BCUT2D eigenvalue weighted by Crippen LogP contribution is -2.14. The molecule has 0 heterocycles. The number of benzene rings is 2. The minimum absolute atomic E-state index is 0.0276. The van der Waals surface area contributed by atoms with Gasteiger partial charge in [0.15, 0.2) is 0 Å². The Morgan fingerprint density at radius 2 is 2.00 bits per heavy atom. The van der Waals surface area contributed by atoms with E-state index in [1.54, 1.807) is 6.08 Å². The van der Waals surface area contributed by atoms with E-state index in [9.17, 15) is 10.1 Å². The molecule has 5 heteroatoms. The molecule has 2 aromatic rings. The van der Waals surface area contributed by atoms with Crippen molar-refractivity contribution < 1.29 is 9.53 Å². The molecule has 152 valence electrons. The predicted octanol–water partition coefficient (Wildman–Crippen LogP) is 6.57. The lowest BCUT2D eigenvalue weighted by molar-refractivity contribution is -0.112. The Balaban J connectivity index is 2.20. The van der Waals surface area contributed by atoms with Crippen molar-refractivity contribution in [3.8, 4) is 11.8 Å². The first kappa shape index (κ1) is 22.7. The van der Waals surface area contributed by atoms with Gasteiger partial charge in [-0.05, 0) is 61.7 Å². The standard InChI is InChI=1S/C24H27BrN2O2/c1-4-5-6-7-13-29-23-12-11-21(25)15-19(23)14-20(16-26)24(28)27-22-10-8-9-17(2)18(22)3/h8-12,14-15H,4-7,13H2,1-3H3,(H,27,28)/b20-14-. The average molecular weight is 455 g/mol. The number of anilines is 1. The van der Waals surface area contributed by atoms with Gasteiger partial charge in [-0.25, -0.2) is 0 Å². The number of halogens is 1. The van der Waals surface area contributed by atoms with Gasteiger partial charge < -0.3 is 10.1 Å². The summed E-state index contributed by atoms with van der Waals surface area (Å²) >= 11 is 3.45. The molecule has 0 aromatic heterocycles. The second-order valence-electron chi connectivity index (χ2n) is 6.96. The van der Waals surface area contributed by atoms with Crippen LogP contribution in [0.3, 0.4) is 0 Å². The summed E-state index contributed by atoms with van der Waals surface area (Å²) in [6, 6.07) is 13.3. The summed E-state index contributed by atoms with van der Waals surface area (Å²) in [5.41, 5.74) is 3.49. The van der Waals surface area contributed by atoms with Crippen LogP contribution in [0.5, 0.6) is 5.75 Å². The number of unbranched alkanes of at least 4 members (excludes halogenated alkanes) is 3. The van der Waals surface area contributed by atoms with E-state index in [0.29, 0.717) is 23.6 Å². The molecule has 0 saturated carbocycles. The molecule has 0 unspecified atom stereocenters. The van der Waals surface area contributed by atoms with E-state index in [0.717, 1.165) is 28.4 Å². The summed E-state index contributed by atoms with van der Waals surface area (Å²) in [4.78, 5) is 12.7. The Bertz CT molecular complexity index is 929. The van der Waals surface area contributed by atoms with Crippen LogP contribution in [0, 0.1) is 25.2 Å². The normalized spacial score (nSPS) is 11.1. The van der Waals surface area contributed by atoms with E-state index in [4.69, 9.17) is 4.74 Å². The molecular weight excluding hydrogens is 428 g/mol. The van der Waals surface area contributed by atoms with E-state index in [-0.39, 0.29) is 5.57 Å². The highest BCUT2D eigenvalue weighted by molar-refractivity contribution is 9.10. The average Bonchev–Trinajstić information content (AvgIpc) is 2.70. The second-order valence-corrected chi connectivity index (χ2v) is 7.88. The number of hydrogen-bond acceptors (Lipinski definition) is 3. The lowest BCUT2D eigenvalue weighted by Gasteiger charge is -2.12. The molecule has 0 saturated heterocycles. The first-order valence-electron chi connectivity index (χ1n) is 9.88. The fourth-order valence-electron chi connectivity index (χ4n) is 2.85. The molecule has 0 aliphatic rings. The molecule has 0 fully saturated rings. The number of nitriles is 1. The minimum Gasteiger partial charge on any atom is -0.493 e. The summed E-state index contributed by atoms with van der Waals surface area (Å²) in [5, 5.41) is 12.4. The van der Waals surface area contributed by atoms with Crippen LogP contribution in [-0.2, 0) is 4.79 Å². The van der Waals surface area contributed by atoms with Gasteiger partial charge in [-0.2, -0.15) is 5.26 Å². The summed E-state index contributed by atoms with van der Waals surface area (Å²) in [6.45, 7) is 6.71. The Labute approximate surface area is 181 Å². The van der Waals surface area contributed by atoms with Crippen molar-refractivity contribution in [3.63, 3.8) is 0 Å². The predicted molar refractivity (Wildman–Crippen MR) is 122 cm³/mol. The Kier molecular flexibility index (Phi) is 8.95. The number of nitrogens with one attached hydrogen (secondary N) is 1. The quantitative estimate of drug-likeness (QED) is 0.264. The van der Waals surface area contributed by atoms with Gasteiger partial charge >= 0.3 is 0 Å². The number of aryl methyl sites for hydroxylation is 1. The number of rotatable bonds is 9. The Hall–Kier alpha value is -2.58. The number of nitrogens with zero attached hydrogens (tertiary/aromatic N) is 1. The van der Waals surface area contributed by atoms with Crippen molar-refractivity contribution in [1.29, 1.82) is 5.26 Å². The molecule has 29 heavy (non-hydrogen) atoms. The maximum Gasteiger partial charge on any atom is 0.266 e. The zero-order valence-electron chi connectivity index (χ0n) is 17.2. The van der Waals surface area contributed by atoms with Gasteiger partial charge in [0, 0.05) is 15.7 Å². The summed E-state index contributed by atoms with van der Waals surface area (Å²) in [5.74, 6) is 0.229. The van der Waals surface area contributed by atoms with Crippen molar-refractivity contribution in [2.75, 3.05) is 11.9 Å². The van der Waals surface area contributed by atoms with Crippen LogP contribution in [0.15, 0.2) is 46.4 Å². The van der Waals surface area contributed by atoms with Crippen LogP contribution in [0.2, 0.25) is 0 Å². The molecular formula is C24H27BrN2O2. The maximum absolute atomic E-state index is 12.7. The highest BCUT2D eigenvalue weighted by atomic mass is 79.9. The second kappa shape index (κ2) is 11.4. The number of carbonyl (C=O) groups is 1. The number of hydrogen-bond donors (Lipinski definition) is 1. The monoisotopic (exact) mass is 454 g/mol. The zero-order valence-corrected chi connectivity index (χ0v) is 18.8. The number of ether oxygens (including phenoxy) is 1. The minimum atomic E-state index is -0.435. The van der Waals surface area contributed by atoms with Crippen LogP contribution in [0.25, 0.3) is 6.08 Å². The van der Waals surface area contributed by atoms with E-state index in [2.05, 4.69) is 28.2 Å². The third-order valence-electron chi connectivity index (χ3n) is 4.75. The highest BCUT2D eigenvalue weighted by Crippen LogP contribution is 2.26. The Morgan fingerprint density at radius 1 is 1.21 bits per heavy atom. The molecule has 1 N–H and O–H groups in total. The van der Waals surface area contributed by atoms with Crippen molar-refractivity contribution in [2.45, 2.75) is 46.5 Å². The van der Waals surface area contributed by atoms with Gasteiger partial charge in [0.25, 0.3) is 5.91 Å². The first-order chi connectivity index (χ1) is 14.0. The van der Waals surface area contributed by atoms with E-state index in [1.807, 2.05) is 56.3 Å². The van der Waals surface area contributed by atoms with Gasteiger partial charge in [-0.1, -0.05) is 54.2 Å². The fraction of sp³-hybridized carbons (Fsp3) is 0.333. The third kappa shape index (κ3) is 6.76. The van der Waals surface area contributed by atoms with Gasteiger partial charge in [0.05, 0.1) is 6.61 Å². The van der Waals surface area contributed by atoms with Crippen LogP contribution < -0.4 is 10.1 Å². The number of carbonyl (C=O) groups excluding carboxylic acids is 1. The van der Waals surface area contributed by atoms with Gasteiger partial charge in [0.2, 0.25) is 0 Å². The van der Waals surface area contributed by atoms with Crippen LogP contribution >= 0.6 is 15.9 Å². The van der Waals surface area contributed by atoms with Gasteiger partial charge in [0.1, 0.15) is 17.4 Å². The zero-order chi connectivity index (χ0) is 21.2. The maximum atomic E-state index is 12.7. The van der Waals surface area contributed by atoms with Crippen molar-refractivity contribution in [2.24, 2.45) is 0 Å². The lowest BCUT2D eigenvalue weighted by atomic mass is 10.1. The first-order valence-corrected chi connectivity index (χ1v) is 10.7. The molecule has 4 nitrogen and oxygen atoms in total. The summed E-state index contributed by atoms with van der Waals surface area (Å²) in [6.07, 6.45) is 6.04. The van der Waals surface area contributed by atoms with E-state index < -0.39 is 5.91 Å². The number of amides is 1. The van der Waals surface area contributed by atoms with Crippen molar-refractivity contribution in [1.82, 2.24) is 0 Å². The smallest absolute Gasteiger partial charge is 0.266 e. The Morgan fingerprint density at radius 3 is 2.72 bits per heavy atom. The van der Waals surface area contributed by atoms with Crippen LogP contribution in [0.4, 0.5) is 5.69 Å². The van der Waals surface area contributed by atoms with Gasteiger partial charge in [-0.15, -0.1) is 0 Å². The topological polar surface area (TPSA) is 62.1 Å².